The van der Waals surface area contributed by atoms with Crippen LogP contribution in [0.1, 0.15) is 115 Å². The van der Waals surface area contributed by atoms with E-state index in [4.69, 9.17) is 9.94 Å². The number of hydrogen-bond acceptors (Lipinski definition) is 4. The molecule has 0 spiro atoms. The van der Waals surface area contributed by atoms with Gasteiger partial charge in [-0.2, -0.15) is 0 Å². The van der Waals surface area contributed by atoms with Crippen molar-refractivity contribution >= 4 is 5.71 Å². The van der Waals surface area contributed by atoms with E-state index in [0.29, 0.717) is 12.2 Å². The molecule has 1 rings (SSSR count). The third-order valence-corrected chi connectivity index (χ3v) is 5.68. The minimum Gasteiger partial charge on any atom is -0.410 e. The van der Waals surface area contributed by atoms with Crippen LogP contribution in [0.25, 0.3) is 0 Å². The van der Waals surface area contributed by atoms with Crippen molar-refractivity contribution in [1.82, 2.24) is 0 Å². The summed E-state index contributed by atoms with van der Waals surface area (Å²) in [6, 6.07) is 9.13. The summed E-state index contributed by atoms with van der Waals surface area (Å²) in [5.41, 5.74) is 0.826. The molecule has 1 atom stereocenters. The highest BCUT2D eigenvalue weighted by Gasteiger charge is 2.15. The van der Waals surface area contributed by atoms with Crippen LogP contribution in [0, 0.1) is 0 Å². The molecule has 1 aromatic rings. The molecule has 0 aliphatic carbocycles. The summed E-state index contributed by atoms with van der Waals surface area (Å²) in [7, 11) is 0. The van der Waals surface area contributed by atoms with Crippen molar-refractivity contribution in [2.24, 2.45) is 5.16 Å². The van der Waals surface area contributed by atoms with Gasteiger partial charge in [0, 0.05) is 5.56 Å². The lowest BCUT2D eigenvalue weighted by atomic mass is 10.0. The third-order valence-electron chi connectivity index (χ3n) is 5.68. The van der Waals surface area contributed by atoms with Gasteiger partial charge in [-0.1, -0.05) is 139 Å². The fourth-order valence-electron chi connectivity index (χ4n) is 3.78. The van der Waals surface area contributed by atoms with E-state index in [0.717, 1.165) is 12.8 Å². The van der Waals surface area contributed by atoms with Crippen LogP contribution in [0.4, 0.5) is 0 Å². The molecule has 0 saturated carbocycles. The Kier molecular flexibility index (Phi) is 17.4. The first kappa shape index (κ1) is 26.6. The minimum atomic E-state index is -1.19. The average molecular weight is 420 g/mol. The Labute approximate surface area is 184 Å². The first-order valence-corrected chi connectivity index (χ1v) is 12.4. The van der Waals surface area contributed by atoms with Gasteiger partial charge >= 0.3 is 0 Å². The first-order valence-electron chi connectivity index (χ1n) is 12.4. The molecule has 0 radical (unpaired) electrons. The highest BCUT2D eigenvalue weighted by Crippen LogP contribution is 2.14. The fraction of sp³-hybridized carbons (Fsp3) is 0.731. The van der Waals surface area contributed by atoms with Crippen LogP contribution in [0.2, 0.25) is 0 Å². The maximum atomic E-state index is 10.1. The summed E-state index contributed by atoms with van der Waals surface area (Å²) < 4.78 is 5.43. The summed E-state index contributed by atoms with van der Waals surface area (Å²) in [5, 5.41) is 22.4. The molecule has 0 aliphatic rings. The molecule has 2 N–H and O–H groups in total. The van der Waals surface area contributed by atoms with Gasteiger partial charge in [-0.05, 0) is 6.42 Å². The van der Waals surface area contributed by atoms with Crippen LogP contribution < -0.4 is 0 Å². The van der Waals surface area contributed by atoms with Crippen LogP contribution in [-0.4, -0.2) is 28.9 Å². The summed E-state index contributed by atoms with van der Waals surface area (Å²) in [5.74, 6) is 0. The van der Waals surface area contributed by atoms with Crippen LogP contribution in [0.5, 0.6) is 0 Å². The number of oxime groups is 1. The number of rotatable bonds is 20. The fourth-order valence-corrected chi connectivity index (χ4v) is 3.78. The monoisotopic (exact) mass is 419 g/mol. The molecule has 0 bridgehead atoms. The van der Waals surface area contributed by atoms with E-state index >= 15 is 0 Å². The largest absolute Gasteiger partial charge is 0.410 e. The summed E-state index contributed by atoms with van der Waals surface area (Å²) in [4.78, 5) is 0. The molecular formula is C26H45NO3. The van der Waals surface area contributed by atoms with E-state index < -0.39 is 6.29 Å². The van der Waals surface area contributed by atoms with Gasteiger partial charge in [-0.3, -0.25) is 0 Å². The van der Waals surface area contributed by atoms with Crippen molar-refractivity contribution in [2.45, 2.75) is 116 Å². The Morgan fingerprint density at radius 2 is 1.17 bits per heavy atom. The van der Waals surface area contributed by atoms with Gasteiger partial charge in [0.15, 0.2) is 0 Å². The van der Waals surface area contributed by atoms with Crippen molar-refractivity contribution < 1.29 is 15.1 Å². The lowest BCUT2D eigenvalue weighted by Gasteiger charge is -2.13. The van der Waals surface area contributed by atoms with Crippen molar-refractivity contribution in [3.8, 4) is 0 Å². The SMILES string of the molecule is CCCCCCCCCCCCCCCCCCOC(O)C(=NO)c1ccccc1. The molecule has 4 heteroatoms. The lowest BCUT2D eigenvalue weighted by molar-refractivity contribution is -0.0517. The van der Waals surface area contributed by atoms with E-state index in [9.17, 15) is 5.11 Å². The van der Waals surface area contributed by atoms with Crippen molar-refractivity contribution in [3.05, 3.63) is 35.9 Å². The number of aliphatic hydroxyl groups excluding tert-OH is 1. The Morgan fingerprint density at radius 1 is 0.733 bits per heavy atom. The number of aliphatic hydroxyl groups is 1. The second-order valence-electron chi connectivity index (χ2n) is 8.38. The van der Waals surface area contributed by atoms with Crippen molar-refractivity contribution in [1.29, 1.82) is 0 Å². The van der Waals surface area contributed by atoms with Gasteiger partial charge in [-0.15, -0.1) is 0 Å². The lowest BCUT2D eigenvalue weighted by Crippen LogP contribution is -2.25. The van der Waals surface area contributed by atoms with Crippen LogP contribution in [-0.2, 0) is 4.74 Å². The molecule has 0 aliphatic heterocycles. The number of hydrogen-bond donors (Lipinski definition) is 2. The van der Waals surface area contributed by atoms with Gasteiger partial charge in [0.05, 0.1) is 6.61 Å². The second-order valence-corrected chi connectivity index (χ2v) is 8.38. The van der Waals surface area contributed by atoms with E-state index in [2.05, 4.69) is 12.1 Å². The minimum absolute atomic E-state index is 0.159. The molecule has 172 valence electrons. The summed E-state index contributed by atoms with van der Waals surface area (Å²) in [6.07, 6.45) is 20.1. The molecular weight excluding hydrogens is 374 g/mol. The Bertz CT molecular complexity index is 518. The molecule has 4 nitrogen and oxygen atoms in total. The zero-order valence-corrected chi connectivity index (χ0v) is 19.2. The molecule has 0 amide bonds. The maximum Gasteiger partial charge on any atom is 0.202 e. The number of ether oxygens (including phenoxy) is 1. The summed E-state index contributed by atoms with van der Waals surface area (Å²) in [6.45, 7) is 2.75. The second kappa shape index (κ2) is 19.6. The smallest absolute Gasteiger partial charge is 0.202 e. The highest BCUT2D eigenvalue weighted by atomic mass is 16.6. The van der Waals surface area contributed by atoms with Crippen LogP contribution in [0.3, 0.4) is 0 Å². The molecule has 0 aromatic heterocycles. The zero-order valence-electron chi connectivity index (χ0n) is 19.2. The van der Waals surface area contributed by atoms with Crippen LogP contribution in [0.15, 0.2) is 35.5 Å². The average Bonchev–Trinajstić information content (AvgIpc) is 2.77. The van der Waals surface area contributed by atoms with E-state index in [-0.39, 0.29) is 5.71 Å². The third kappa shape index (κ3) is 13.8. The Hall–Kier alpha value is -1.39. The Balaban J connectivity index is 1.86. The van der Waals surface area contributed by atoms with E-state index in [1.54, 1.807) is 12.1 Å². The Morgan fingerprint density at radius 3 is 1.60 bits per heavy atom. The standard InChI is InChI=1S/C26H45NO3/c1-2-3-4-5-6-7-8-9-10-11-12-13-14-15-16-20-23-30-26(28)25(27-29)24-21-18-17-19-22-24/h17-19,21-22,26,28-29H,2-16,20,23H2,1H3. The van der Waals surface area contributed by atoms with E-state index in [1.807, 2.05) is 18.2 Å². The van der Waals surface area contributed by atoms with Crippen molar-refractivity contribution in [3.63, 3.8) is 0 Å². The molecule has 1 aromatic carbocycles. The predicted molar refractivity (Wildman–Crippen MR) is 126 cm³/mol. The first-order chi connectivity index (χ1) is 14.8. The molecule has 0 saturated heterocycles. The number of unbranched alkanes of at least 4 members (excludes halogenated alkanes) is 15. The maximum absolute atomic E-state index is 10.1. The van der Waals surface area contributed by atoms with Crippen LogP contribution >= 0.6 is 0 Å². The topological polar surface area (TPSA) is 62.0 Å². The van der Waals surface area contributed by atoms with Gasteiger partial charge in [-0.25, -0.2) is 0 Å². The van der Waals surface area contributed by atoms with E-state index in [1.165, 1.54) is 89.9 Å². The number of nitrogens with zero attached hydrogens (tertiary/aromatic N) is 1. The summed E-state index contributed by atoms with van der Waals surface area (Å²) >= 11 is 0. The normalized spacial score (nSPS) is 12.9. The predicted octanol–water partition coefficient (Wildman–Crippen LogP) is 7.46. The molecule has 0 fully saturated rings. The van der Waals surface area contributed by atoms with Gasteiger partial charge in [0.1, 0.15) is 5.71 Å². The zero-order chi connectivity index (χ0) is 21.7. The highest BCUT2D eigenvalue weighted by molar-refractivity contribution is 6.02. The molecule has 30 heavy (non-hydrogen) atoms. The van der Waals surface area contributed by atoms with Gasteiger partial charge in [0.2, 0.25) is 6.29 Å². The van der Waals surface area contributed by atoms with Crippen molar-refractivity contribution in [2.75, 3.05) is 6.61 Å². The quantitative estimate of drug-likeness (QED) is 0.0758. The van der Waals surface area contributed by atoms with Gasteiger partial charge < -0.3 is 15.1 Å². The molecule has 1 unspecified atom stereocenters. The number of benzene rings is 1. The molecule has 0 heterocycles. The van der Waals surface area contributed by atoms with Gasteiger partial charge in [0.25, 0.3) is 0 Å².